The van der Waals surface area contributed by atoms with E-state index in [9.17, 15) is 27.9 Å². The zero-order valence-corrected chi connectivity index (χ0v) is 12.4. The average molecular weight is 335 g/mol. The second kappa shape index (κ2) is 7.32. The van der Waals surface area contributed by atoms with E-state index >= 15 is 0 Å². The molecule has 9 heteroatoms. The number of aliphatic hydroxyl groups is 1. The Morgan fingerprint density at radius 3 is 2.30 bits per heavy atom. The summed E-state index contributed by atoms with van der Waals surface area (Å²) in [7, 11) is 0. The summed E-state index contributed by atoms with van der Waals surface area (Å²) in [5.74, 6) is -3.34. The number of esters is 1. The highest BCUT2D eigenvalue weighted by Crippen LogP contribution is 2.30. The molecule has 0 radical (unpaired) electrons. The molecule has 128 valence electrons. The van der Waals surface area contributed by atoms with Crippen LogP contribution in [0.1, 0.15) is 24.2 Å². The fourth-order valence-electron chi connectivity index (χ4n) is 1.64. The molecule has 0 bridgehead atoms. The number of amides is 1. The molecule has 0 aromatic heterocycles. The van der Waals surface area contributed by atoms with E-state index < -0.39 is 30.4 Å². The molecule has 0 fully saturated rings. The Labute approximate surface area is 130 Å². The maximum absolute atomic E-state index is 13.0. The number of carbonyl (C=O) groups excluding carboxylic acids is 2. The molecular weight excluding hydrogens is 319 g/mol. The minimum atomic E-state index is -5.46. The number of nitrogens with one attached hydrogen (secondary N) is 1. The lowest BCUT2D eigenvalue weighted by Crippen LogP contribution is -2.64. The third-order valence-corrected chi connectivity index (χ3v) is 2.71. The Balaban J connectivity index is 3.15. The average Bonchev–Trinajstić information content (AvgIpc) is 2.47. The third kappa shape index (κ3) is 4.13. The van der Waals surface area contributed by atoms with Crippen LogP contribution in [0.2, 0.25) is 0 Å². The van der Waals surface area contributed by atoms with Crippen LogP contribution >= 0.6 is 0 Å². The van der Waals surface area contributed by atoms with Crippen LogP contribution in [-0.4, -0.2) is 42.1 Å². The van der Waals surface area contributed by atoms with Gasteiger partial charge in [-0.2, -0.15) is 13.2 Å². The van der Waals surface area contributed by atoms with Gasteiger partial charge in [0.25, 0.3) is 5.91 Å². The van der Waals surface area contributed by atoms with Crippen molar-refractivity contribution in [3.8, 4) is 5.75 Å². The zero-order valence-electron chi connectivity index (χ0n) is 12.4. The number of benzene rings is 1. The minimum absolute atomic E-state index is 0.0147. The summed E-state index contributed by atoms with van der Waals surface area (Å²) in [4.78, 5) is 23.5. The number of ether oxygens (including phenoxy) is 2. The highest BCUT2D eigenvalue weighted by atomic mass is 19.4. The summed E-state index contributed by atoms with van der Waals surface area (Å²) in [5.41, 5.74) is -4.42. The molecule has 1 amide bonds. The molecule has 0 unspecified atom stereocenters. The van der Waals surface area contributed by atoms with E-state index in [1.54, 1.807) is 6.92 Å². The van der Waals surface area contributed by atoms with Gasteiger partial charge in [0.1, 0.15) is 5.75 Å². The Hall–Kier alpha value is -2.29. The third-order valence-electron chi connectivity index (χ3n) is 2.71. The summed E-state index contributed by atoms with van der Waals surface area (Å²) in [6.07, 6.45) is -5.46. The van der Waals surface area contributed by atoms with Gasteiger partial charge in [-0.1, -0.05) is 12.1 Å². The molecular formula is C14H16F3NO5. The van der Waals surface area contributed by atoms with Crippen LogP contribution in [0, 0.1) is 0 Å². The standard InChI is InChI=1S/C14H16F3NO5/c1-3-22-10-8-6-5-7-9(10)11(19)18-13(21,14(15,16)17)12(20)23-4-2/h5-8,21H,3-4H2,1-2H3,(H,18,19)/t13-/m1/s1. The molecule has 6 nitrogen and oxygen atoms in total. The molecule has 1 aromatic rings. The van der Waals surface area contributed by atoms with E-state index in [0.29, 0.717) is 0 Å². The van der Waals surface area contributed by atoms with E-state index in [4.69, 9.17) is 4.74 Å². The highest BCUT2D eigenvalue weighted by molar-refractivity contribution is 6.00. The van der Waals surface area contributed by atoms with Gasteiger partial charge in [-0.15, -0.1) is 0 Å². The van der Waals surface area contributed by atoms with Crippen molar-refractivity contribution in [2.75, 3.05) is 13.2 Å². The number of alkyl halides is 3. The molecule has 1 rings (SSSR count). The quantitative estimate of drug-likeness (QED) is 0.610. The molecule has 23 heavy (non-hydrogen) atoms. The molecule has 0 heterocycles. The van der Waals surface area contributed by atoms with Gasteiger partial charge in [-0.3, -0.25) is 4.79 Å². The summed E-state index contributed by atoms with van der Waals surface area (Å²) in [5, 5.41) is 10.9. The normalized spacial score (nSPS) is 13.8. The van der Waals surface area contributed by atoms with Crippen molar-refractivity contribution >= 4 is 11.9 Å². The Morgan fingerprint density at radius 1 is 1.17 bits per heavy atom. The predicted molar refractivity (Wildman–Crippen MR) is 72.7 cm³/mol. The van der Waals surface area contributed by atoms with Crippen LogP contribution < -0.4 is 10.1 Å². The number of hydrogen-bond acceptors (Lipinski definition) is 5. The number of carbonyl (C=O) groups is 2. The molecule has 2 N–H and O–H groups in total. The maximum Gasteiger partial charge on any atom is 0.448 e. The monoisotopic (exact) mass is 335 g/mol. The Bertz CT molecular complexity index is 576. The van der Waals surface area contributed by atoms with E-state index in [1.165, 1.54) is 36.5 Å². The van der Waals surface area contributed by atoms with Crippen LogP contribution in [0.15, 0.2) is 24.3 Å². The second-order valence-electron chi connectivity index (χ2n) is 4.31. The number of hydrogen-bond donors (Lipinski definition) is 2. The number of halogens is 3. The maximum atomic E-state index is 13.0. The van der Waals surface area contributed by atoms with Crippen LogP contribution in [0.5, 0.6) is 5.75 Å². The smallest absolute Gasteiger partial charge is 0.448 e. The minimum Gasteiger partial charge on any atom is -0.493 e. The van der Waals surface area contributed by atoms with Crippen molar-refractivity contribution < 1.29 is 37.3 Å². The van der Waals surface area contributed by atoms with Crippen LogP contribution in [0.3, 0.4) is 0 Å². The molecule has 0 aliphatic carbocycles. The lowest BCUT2D eigenvalue weighted by Gasteiger charge is -2.28. The first-order chi connectivity index (χ1) is 10.7. The van der Waals surface area contributed by atoms with Crippen molar-refractivity contribution in [1.29, 1.82) is 0 Å². The van der Waals surface area contributed by atoms with E-state index in [2.05, 4.69) is 4.74 Å². The Morgan fingerprint density at radius 2 is 1.78 bits per heavy atom. The van der Waals surface area contributed by atoms with Crippen molar-refractivity contribution in [3.05, 3.63) is 29.8 Å². The van der Waals surface area contributed by atoms with Gasteiger partial charge >= 0.3 is 17.9 Å². The second-order valence-corrected chi connectivity index (χ2v) is 4.31. The fourth-order valence-corrected chi connectivity index (χ4v) is 1.64. The molecule has 0 saturated carbocycles. The van der Waals surface area contributed by atoms with E-state index in [0.717, 1.165) is 0 Å². The van der Waals surface area contributed by atoms with Gasteiger partial charge in [-0.25, -0.2) is 4.79 Å². The number of para-hydroxylation sites is 1. The first-order valence-electron chi connectivity index (χ1n) is 6.68. The molecule has 0 aliphatic heterocycles. The zero-order chi connectivity index (χ0) is 17.7. The van der Waals surface area contributed by atoms with Gasteiger partial charge in [0.05, 0.1) is 18.8 Å². The lowest BCUT2D eigenvalue weighted by atomic mass is 10.1. The van der Waals surface area contributed by atoms with E-state index in [1.807, 2.05) is 0 Å². The van der Waals surface area contributed by atoms with Crippen LogP contribution in [-0.2, 0) is 9.53 Å². The van der Waals surface area contributed by atoms with Gasteiger partial charge < -0.3 is 19.9 Å². The predicted octanol–water partition coefficient (Wildman–Crippen LogP) is 1.63. The van der Waals surface area contributed by atoms with Gasteiger partial charge in [-0.05, 0) is 26.0 Å². The number of rotatable bonds is 6. The summed E-state index contributed by atoms with van der Waals surface area (Å²) < 4.78 is 48.3. The van der Waals surface area contributed by atoms with Crippen LogP contribution in [0.4, 0.5) is 13.2 Å². The van der Waals surface area contributed by atoms with Crippen molar-refractivity contribution in [2.24, 2.45) is 0 Å². The topological polar surface area (TPSA) is 84.9 Å². The first-order valence-corrected chi connectivity index (χ1v) is 6.68. The highest BCUT2D eigenvalue weighted by Gasteiger charge is 2.62. The van der Waals surface area contributed by atoms with Crippen molar-refractivity contribution in [1.82, 2.24) is 5.32 Å². The van der Waals surface area contributed by atoms with Gasteiger partial charge in [0.2, 0.25) is 0 Å². The summed E-state index contributed by atoms with van der Waals surface area (Å²) >= 11 is 0. The van der Waals surface area contributed by atoms with Crippen LogP contribution in [0.25, 0.3) is 0 Å². The fraction of sp³-hybridized carbons (Fsp3) is 0.429. The lowest BCUT2D eigenvalue weighted by molar-refractivity contribution is -0.269. The summed E-state index contributed by atoms with van der Waals surface area (Å²) in [6.45, 7) is 2.66. The SMILES string of the molecule is CCOC(=O)[C@](O)(NC(=O)c1ccccc1OCC)C(F)(F)F. The first kappa shape index (κ1) is 18.8. The molecule has 1 aromatic carbocycles. The Kier molecular flexibility index (Phi) is 5.97. The van der Waals surface area contributed by atoms with Crippen molar-refractivity contribution in [2.45, 2.75) is 25.7 Å². The summed E-state index contributed by atoms with van der Waals surface area (Å²) in [6, 6.07) is 5.48. The molecule has 0 saturated heterocycles. The van der Waals surface area contributed by atoms with Crippen molar-refractivity contribution in [3.63, 3.8) is 0 Å². The largest absolute Gasteiger partial charge is 0.493 e. The molecule has 0 spiro atoms. The molecule has 0 aliphatic rings. The van der Waals surface area contributed by atoms with E-state index in [-0.39, 0.29) is 17.9 Å². The molecule has 1 atom stereocenters. The van der Waals surface area contributed by atoms with Gasteiger partial charge in [0.15, 0.2) is 0 Å². The van der Waals surface area contributed by atoms with Gasteiger partial charge in [0, 0.05) is 0 Å².